The zero-order chi connectivity index (χ0) is 15.1. The molecule has 6 nitrogen and oxygen atoms in total. The molecule has 0 spiro atoms. The topological polar surface area (TPSA) is 74.6 Å². The molecule has 1 aromatic rings. The Kier molecular flexibility index (Phi) is 5.42. The molecule has 6 heteroatoms. The molecular formula is C14H17N3O3. The molecule has 0 atom stereocenters. The third-order valence-electron chi connectivity index (χ3n) is 2.52. The van der Waals surface area contributed by atoms with Gasteiger partial charge in [-0.25, -0.2) is 0 Å². The lowest BCUT2D eigenvalue weighted by Gasteiger charge is -2.11. The van der Waals surface area contributed by atoms with Crippen molar-refractivity contribution in [2.75, 3.05) is 33.6 Å². The van der Waals surface area contributed by atoms with Gasteiger partial charge in [0.25, 0.3) is 5.91 Å². The van der Waals surface area contributed by atoms with Crippen molar-refractivity contribution >= 4 is 11.6 Å². The maximum Gasteiger partial charge on any atom is 0.265 e. The quantitative estimate of drug-likeness (QED) is 0.652. The van der Waals surface area contributed by atoms with Crippen molar-refractivity contribution in [3.63, 3.8) is 0 Å². The average molecular weight is 275 g/mol. The predicted molar refractivity (Wildman–Crippen MR) is 75.6 cm³/mol. The molecule has 0 saturated heterocycles. The van der Waals surface area contributed by atoms with Gasteiger partial charge >= 0.3 is 0 Å². The highest BCUT2D eigenvalue weighted by Crippen LogP contribution is 2.29. The van der Waals surface area contributed by atoms with Gasteiger partial charge in [-0.3, -0.25) is 4.79 Å². The molecule has 0 saturated carbocycles. The fourth-order valence-corrected chi connectivity index (χ4v) is 1.46. The molecule has 1 rings (SSSR count). The van der Waals surface area contributed by atoms with E-state index in [0.29, 0.717) is 17.2 Å². The highest BCUT2D eigenvalue weighted by molar-refractivity contribution is 5.97. The maximum atomic E-state index is 11.7. The Labute approximate surface area is 118 Å². The van der Waals surface area contributed by atoms with Crippen LogP contribution in [-0.4, -0.2) is 39.1 Å². The smallest absolute Gasteiger partial charge is 0.265 e. The molecule has 0 aromatic heterocycles. The van der Waals surface area contributed by atoms with E-state index in [4.69, 9.17) is 14.7 Å². The standard InChI is InChI=1S/C14H17N3O3/c1-17(2)14(18)10(8-15)9-16-11-5-6-12(19-3)13(7-11)20-4/h5-7,9,16H,1-4H3/b10-9-. The lowest BCUT2D eigenvalue weighted by molar-refractivity contribution is -0.124. The van der Waals surface area contributed by atoms with Gasteiger partial charge in [0.15, 0.2) is 11.5 Å². The number of carbonyl (C=O) groups excluding carboxylic acids is 1. The van der Waals surface area contributed by atoms with E-state index in [0.717, 1.165) is 0 Å². The summed E-state index contributed by atoms with van der Waals surface area (Å²) in [4.78, 5) is 13.0. The SMILES string of the molecule is COc1ccc(N/C=C(/C#N)C(=O)N(C)C)cc1OC. The van der Waals surface area contributed by atoms with E-state index in [1.54, 1.807) is 39.4 Å². The minimum Gasteiger partial charge on any atom is -0.493 e. The molecule has 0 fully saturated rings. The van der Waals surface area contributed by atoms with E-state index in [2.05, 4.69) is 5.32 Å². The number of hydrogen-bond donors (Lipinski definition) is 1. The van der Waals surface area contributed by atoms with E-state index in [1.165, 1.54) is 18.2 Å². The molecule has 0 aliphatic carbocycles. The fourth-order valence-electron chi connectivity index (χ4n) is 1.46. The zero-order valence-electron chi connectivity index (χ0n) is 11.9. The molecular weight excluding hydrogens is 258 g/mol. The van der Waals surface area contributed by atoms with Crippen LogP contribution < -0.4 is 14.8 Å². The Bertz CT molecular complexity index is 559. The fraction of sp³-hybridized carbons (Fsp3) is 0.286. The van der Waals surface area contributed by atoms with E-state index in [1.807, 2.05) is 6.07 Å². The van der Waals surface area contributed by atoms with Crippen LogP contribution >= 0.6 is 0 Å². The number of rotatable bonds is 5. The van der Waals surface area contributed by atoms with Crippen LogP contribution in [0.15, 0.2) is 30.0 Å². The summed E-state index contributed by atoms with van der Waals surface area (Å²) >= 11 is 0. The van der Waals surface area contributed by atoms with Crippen LogP contribution in [0.4, 0.5) is 5.69 Å². The van der Waals surface area contributed by atoms with Crippen LogP contribution in [0.2, 0.25) is 0 Å². The zero-order valence-corrected chi connectivity index (χ0v) is 11.9. The average Bonchev–Trinajstić information content (AvgIpc) is 2.47. The Morgan fingerprint density at radius 1 is 1.30 bits per heavy atom. The van der Waals surface area contributed by atoms with E-state index in [9.17, 15) is 4.79 Å². The highest BCUT2D eigenvalue weighted by atomic mass is 16.5. The lowest BCUT2D eigenvalue weighted by Crippen LogP contribution is -2.23. The summed E-state index contributed by atoms with van der Waals surface area (Å²) in [6.07, 6.45) is 1.36. The number of likely N-dealkylation sites (N-methyl/N-ethyl adjacent to an activating group) is 1. The number of carbonyl (C=O) groups is 1. The summed E-state index contributed by atoms with van der Waals surface area (Å²) in [5.74, 6) is 0.802. The van der Waals surface area contributed by atoms with Crippen LogP contribution in [0, 0.1) is 11.3 Å². The molecule has 1 N–H and O–H groups in total. The summed E-state index contributed by atoms with van der Waals surface area (Å²) in [6.45, 7) is 0. The molecule has 1 amide bonds. The molecule has 0 heterocycles. The predicted octanol–water partition coefficient (Wildman–Crippen LogP) is 1.61. The van der Waals surface area contributed by atoms with Gasteiger partial charge in [-0.2, -0.15) is 5.26 Å². The van der Waals surface area contributed by atoms with Crippen molar-refractivity contribution in [2.24, 2.45) is 0 Å². The molecule has 0 aliphatic rings. The number of methoxy groups -OCH3 is 2. The number of anilines is 1. The molecule has 0 radical (unpaired) electrons. The van der Waals surface area contributed by atoms with E-state index in [-0.39, 0.29) is 11.5 Å². The van der Waals surface area contributed by atoms with E-state index >= 15 is 0 Å². The second kappa shape index (κ2) is 7.04. The van der Waals surface area contributed by atoms with Gasteiger partial charge in [0.1, 0.15) is 11.6 Å². The van der Waals surface area contributed by atoms with Gasteiger partial charge in [-0.1, -0.05) is 0 Å². The molecule has 0 aliphatic heterocycles. The van der Waals surface area contributed by atoms with Crippen LogP contribution in [0.1, 0.15) is 0 Å². The first-order valence-electron chi connectivity index (χ1n) is 5.84. The van der Waals surface area contributed by atoms with Gasteiger partial charge in [-0.15, -0.1) is 0 Å². The highest BCUT2D eigenvalue weighted by Gasteiger charge is 2.11. The summed E-state index contributed by atoms with van der Waals surface area (Å²) in [7, 11) is 6.26. The Hall–Kier alpha value is -2.68. The molecule has 1 aromatic carbocycles. The molecule has 0 bridgehead atoms. The summed E-state index contributed by atoms with van der Waals surface area (Å²) in [5, 5.41) is 11.8. The van der Waals surface area contributed by atoms with Gasteiger partial charge in [0.05, 0.1) is 14.2 Å². The second-order valence-electron chi connectivity index (χ2n) is 4.08. The van der Waals surface area contributed by atoms with Gasteiger partial charge < -0.3 is 19.7 Å². The van der Waals surface area contributed by atoms with Crippen molar-refractivity contribution < 1.29 is 14.3 Å². The summed E-state index contributed by atoms with van der Waals surface area (Å²) < 4.78 is 10.3. The number of amides is 1. The first kappa shape index (κ1) is 15.4. The molecule has 20 heavy (non-hydrogen) atoms. The minimum atomic E-state index is -0.361. The van der Waals surface area contributed by atoms with Crippen LogP contribution in [0.5, 0.6) is 11.5 Å². The van der Waals surface area contributed by atoms with Gasteiger partial charge in [0, 0.05) is 32.0 Å². The van der Waals surface area contributed by atoms with Crippen molar-refractivity contribution in [3.05, 3.63) is 30.0 Å². The first-order chi connectivity index (χ1) is 9.53. The third-order valence-corrected chi connectivity index (χ3v) is 2.52. The maximum absolute atomic E-state index is 11.7. The number of nitriles is 1. The van der Waals surface area contributed by atoms with Crippen molar-refractivity contribution in [3.8, 4) is 17.6 Å². The number of benzene rings is 1. The van der Waals surface area contributed by atoms with Crippen LogP contribution in [0.3, 0.4) is 0 Å². The van der Waals surface area contributed by atoms with Gasteiger partial charge in [0.2, 0.25) is 0 Å². The number of nitrogens with one attached hydrogen (secondary N) is 1. The molecule has 106 valence electrons. The van der Waals surface area contributed by atoms with Gasteiger partial charge in [-0.05, 0) is 12.1 Å². The van der Waals surface area contributed by atoms with Crippen molar-refractivity contribution in [2.45, 2.75) is 0 Å². The Balaban J connectivity index is 2.94. The first-order valence-corrected chi connectivity index (χ1v) is 5.84. The summed E-state index contributed by atoms with van der Waals surface area (Å²) in [5.41, 5.74) is 0.701. The number of ether oxygens (including phenoxy) is 2. The molecule has 0 unspecified atom stereocenters. The largest absolute Gasteiger partial charge is 0.493 e. The van der Waals surface area contributed by atoms with Crippen LogP contribution in [0.25, 0.3) is 0 Å². The number of hydrogen-bond acceptors (Lipinski definition) is 5. The Morgan fingerprint density at radius 2 is 1.95 bits per heavy atom. The third kappa shape index (κ3) is 3.65. The number of nitrogens with zero attached hydrogens (tertiary/aromatic N) is 2. The van der Waals surface area contributed by atoms with Crippen LogP contribution in [-0.2, 0) is 4.79 Å². The summed E-state index contributed by atoms with van der Waals surface area (Å²) in [6, 6.07) is 7.06. The minimum absolute atomic E-state index is 0.0183. The van der Waals surface area contributed by atoms with Crippen molar-refractivity contribution in [1.29, 1.82) is 5.26 Å². The Morgan fingerprint density at radius 3 is 2.45 bits per heavy atom. The van der Waals surface area contributed by atoms with E-state index < -0.39 is 0 Å². The lowest BCUT2D eigenvalue weighted by atomic mass is 10.2. The monoisotopic (exact) mass is 275 g/mol. The van der Waals surface area contributed by atoms with Crippen molar-refractivity contribution in [1.82, 2.24) is 4.90 Å². The normalized spacial score (nSPS) is 10.4. The second-order valence-corrected chi connectivity index (χ2v) is 4.08.